The zero-order valence-electron chi connectivity index (χ0n) is 15.9. The molecule has 5 nitrogen and oxygen atoms in total. The molecule has 0 radical (unpaired) electrons. The second kappa shape index (κ2) is 7.43. The number of hydrogen-bond donors (Lipinski definition) is 1. The molecule has 0 aromatic heterocycles. The summed E-state index contributed by atoms with van der Waals surface area (Å²) < 4.78 is 5.40. The van der Waals surface area contributed by atoms with E-state index >= 15 is 0 Å². The maximum absolute atomic E-state index is 12.5. The van der Waals surface area contributed by atoms with Crippen LogP contribution in [0.25, 0.3) is 11.1 Å². The molecule has 2 atom stereocenters. The lowest BCUT2D eigenvalue weighted by Crippen LogP contribution is -2.43. The summed E-state index contributed by atoms with van der Waals surface area (Å²) in [7, 11) is 0. The van der Waals surface area contributed by atoms with Crippen molar-refractivity contribution in [3.8, 4) is 11.1 Å². The topological polar surface area (TPSA) is 66.8 Å². The first-order chi connectivity index (χ1) is 12.7. The van der Waals surface area contributed by atoms with Crippen molar-refractivity contribution in [2.45, 2.75) is 44.8 Å². The van der Waals surface area contributed by atoms with E-state index in [1.165, 1.54) is 4.90 Å². The van der Waals surface area contributed by atoms with Crippen LogP contribution in [-0.4, -0.2) is 40.3 Å². The molecule has 1 saturated heterocycles. The first kappa shape index (κ1) is 19.0. The Hall–Kier alpha value is -2.82. The highest BCUT2D eigenvalue weighted by Crippen LogP contribution is 2.34. The minimum atomic E-state index is -0.998. The van der Waals surface area contributed by atoms with Gasteiger partial charge in [-0.3, -0.25) is 4.90 Å². The van der Waals surface area contributed by atoms with E-state index in [0.717, 1.165) is 16.7 Å². The van der Waals surface area contributed by atoms with E-state index in [2.05, 4.69) is 6.07 Å². The van der Waals surface area contributed by atoms with E-state index in [0.29, 0.717) is 13.0 Å². The van der Waals surface area contributed by atoms with E-state index in [-0.39, 0.29) is 5.92 Å². The van der Waals surface area contributed by atoms with Crippen LogP contribution < -0.4 is 0 Å². The first-order valence-corrected chi connectivity index (χ1v) is 9.12. The molecule has 2 aromatic carbocycles. The van der Waals surface area contributed by atoms with Crippen LogP contribution in [0.3, 0.4) is 0 Å². The molecule has 0 saturated carbocycles. The van der Waals surface area contributed by atoms with Crippen molar-refractivity contribution in [3.05, 3.63) is 60.2 Å². The van der Waals surface area contributed by atoms with Gasteiger partial charge in [0, 0.05) is 12.5 Å². The Morgan fingerprint density at radius 1 is 1.04 bits per heavy atom. The van der Waals surface area contributed by atoms with Gasteiger partial charge in [-0.05, 0) is 43.9 Å². The van der Waals surface area contributed by atoms with Gasteiger partial charge in [-0.15, -0.1) is 0 Å². The van der Waals surface area contributed by atoms with Gasteiger partial charge in [-0.1, -0.05) is 54.6 Å². The van der Waals surface area contributed by atoms with Gasteiger partial charge in [0.15, 0.2) is 0 Å². The van der Waals surface area contributed by atoms with Crippen molar-refractivity contribution in [3.63, 3.8) is 0 Å². The molecule has 0 bridgehead atoms. The Labute approximate surface area is 159 Å². The van der Waals surface area contributed by atoms with E-state index in [1.807, 2.05) is 48.5 Å². The molecule has 1 amide bonds. The minimum absolute atomic E-state index is 0.0396. The van der Waals surface area contributed by atoms with Crippen LogP contribution in [0, 0.1) is 0 Å². The summed E-state index contributed by atoms with van der Waals surface area (Å²) in [5.74, 6) is -1.04. The zero-order valence-corrected chi connectivity index (χ0v) is 15.9. The Bertz CT molecular complexity index is 826. The predicted molar refractivity (Wildman–Crippen MR) is 104 cm³/mol. The van der Waals surface area contributed by atoms with E-state index < -0.39 is 23.7 Å². The standard InChI is InChI=1S/C22H25NO4/c1-22(2,3)27-21(26)23-14-18(13-19(23)20(24)25)17-11-7-10-16(12-17)15-8-5-4-6-9-15/h4-12,18-19H,13-14H2,1-3H3,(H,24,25)/t18?,19-/m1/s1. The van der Waals surface area contributed by atoms with Gasteiger partial charge in [0.2, 0.25) is 0 Å². The number of benzene rings is 2. The fourth-order valence-electron chi connectivity index (χ4n) is 3.44. The van der Waals surface area contributed by atoms with Gasteiger partial charge in [0.25, 0.3) is 0 Å². The van der Waals surface area contributed by atoms with E-state index in [4.69, 9.17) is 4.74 Å². The lowest BCUT2D eigenvalue weighted by atomic mass is 9.93. The maximum Gasteiger partial charge on any atom is 0.411 e. The zero-order chi connectivity index (χ0) is 19.6. The molecule has 1 N–H and O–H groups in total. The fourth-order valence-corrected chi connectivity index (χ4v) is 3.44. The number of carbonyl (C=O) groups excluding carboxylic acids is 1. The molecule has 1 heterocycles. The Balaban J connectivity index is 1.84. The molecule has 2 aromatic rings. The van der Waals surface area contributed by atoms with E-state index in [9.17, 15) is 14.7 Å². The SMILES string of the molecule is CC(C)(C)OC(=O)N1CC(c2cccc(-c3ccccc3)c2)C[C@@H]1C(=O)O. The van der Waals surface area contributed by atoms with Gasteiger partial charge in [-0.25, -0.2) is 9.59 Å². The van der Waals surface area contributed by atoms with Crippen molar-refractivity contribution < 1.29 is 19.4 Å². The number of likely N-dealkylation sites (tertiary alicyclic amines) is 1. The first-order valence-electron chi connectivity index (χ1n) is 9.12. The second-order valence-electron chi connectivity index (χ2n) is 7.91. The summed E-state index contributed by atoms with van der Waals surface area (Å²) in [6.07, 6.45) is -0.191. The van der Waals surface area contributed by atoms with Gasteiger partial charge >= 0.3 is 12.1 Å². The molecule has 142 valence electrons. The van der Waals surface area contributed by atoms with Crippen molar-refractivity contribution in [1.29, 1.82) is 0 Å². The summed E-state index contributed by atoms with van der Waals surface area (Å²) in [6.45, 7) is 5.66. The molecule has 0 aliphatic carbocycles. The number of ether oxygens (including phenoxy) is 1. The molecular weight excluding hydrogens is 342 g/mol. The second-order valence-corrected chi connectivity index (χ2v) is 7.91. The number of hydrogen-bond acceptors (Lipinski definition) is 3. The number of aliphatic carboxylic acids is 1. The average Bonchev–Trinajstić information content (AvgIpc) is 3.07. The summed E-state index contributed by atoms with van der Waals surface area (Å²) in [5, 5.41) is 9.58. The van der Waals surface area contributed by atoms with E-state index in [1.54, 1.807) is 20.8 Å². The lowest BCUT2D eigenvalue weighted by molar-refractivity contribution is -0.142. The molecule has 1 aliphatic heterocycles. The summed E-state index contributed by atoms with van der Waals surface area (Å²) >= 11 is 0. The third kappa shape index (κ3) is 4.48. The number of carbonyl (C=O) groups is 2. The molecule has 3 rings (SSSR count). The number of amides is 1. The molecule has 1 fully saturated rings. The van der Waals surface area contributed by atoms with Crippen molar-refractivity contribution in [1.82, 2.24) is 4.90 Å². The van der Waals surface area contributed by atoms with Gasteiger partial charge in [-0.2, -0.15) is 0 Å². The van der Waals surface area contributed by atoms with Crippen LogP contribution in [0.5, 0.6) is 0 Å². The Kier molecular flexibility index (Phi) is 5.22. The van der Waals surface area contributed by atoms with Gasteiger partial charge < -0.3 is 9.84 Å². The Morgan fingerprint density at radius 3 is 2.33 bits per heavy atom. The van der Waals surface area contributed by atoms with Crippen LogP contribution in [0.4, 0.5) is 4.79 Å². The van der Waals surface area contributed by atoms with Crippen LogP contribution in [-0.2, 0) is 9.53 Å². The third-order valence-corrected chi connectivity index (χ3v) is 4.68. The highest BCUT2D eigenvalue weighted by molar-refractivity contribution is 5.81. The predicted octanol–water partition coefficient (Wildman–Crippen LogP) is 4.53. The van der Waals surface area contributed by atoms with Gasteiger partial charge in [0.05, 0.1) is 0 Å². The number of carboxylic acid groups (broad SMARTS) is 1. The monoisotopic (exact) mass is 367 g/mol. The summed E-state index contributed by atoms with van der Waals surface area (Å²) in [5.41, 5.74) is 2.56. The normalized spacial score (nSPS) is 19.7. The molecule has 0 spiro atoms. The van der Waals surface area contributed by atoms with Crippen LogP contribution in [0.15, 0.2) is 54.6 Å². The van der Waals surface area contributed by atoms with Crippen LogP contribution >= 0.6 is 0 Å². The molecule has 1 unspecified atom stereocenters. The smallest absolute Gasteiger partial charge is 0.411 e. The average molecular weight is 367 g/mol. The highest BCUT2D eigenvalue weighted by atomic mass is 16.6. The number of rotatable bonds is 3. The van der Waals surface area contributed by atoms with Crippen LogP contribution in [0.2, 0.25) is 0 Å². The maximum atomic E-state index is 12.5. The van der Waals surface area contributed by atoms with Crippen LogP contribution in [0.1, 0.15) is 38.7 Å². The molecular formula is C22H25NO4. The van der Waals surface area contributed by atoms with Crippen molar-refractivity contribution in [2.75, 3.05) is 6.54 Å². The number of carboxylic acids is 1. The summed E-state index contributed by atoms with van der Waals surface area (Å²) in [4.78, 5) is 25.5. The Morgan fingerprint density at radius 2 is 1.70 bits per heavy atom. The largest absolute Gasteiger partial charge is 0.480 e. The fraction of sp³-hybridized carbons (Fsp3) is 0.364. The molecule has 1 aliphatic rings. The van der Waals surface area contributed by atoms with Gasteiger partial charge in [0.1, 0.15) is 11.6 Å². The molecule has 5 heteroatoms. The van der Waals surface area contributed by atoms with Crippen molar-refractivity contribution in [2.24, 2.45) is 0 Å². The van der Waals surface area contributed by atoms with Crippen molar-refractivity contribution >= 4 is 12.1 Å². The number of nitrogens with zero attached hydrogens (tertiary/aromatic N) is 1. The lowest BCUT2D eigenvalue weighted by Gasteiger charge is -2.26. The minimum Gasteiger partial charge on any atom is -0.480 e. The quantitative estimate of drug-likeness (QED) is 0.865. The summed E-state index contributed by atoms with van der Waals surface area (Å²) in [6, 6.07) is 17.3. The molecule has 27 heavy (non-hydrogen) atoms. The highest BCUT2D eigenvalue weighted by Gasteiger charge is 2.42. The third-order valence-electron chi connectivity index (χ3n) is 4.68.